The van der Waals surface area contributed by atoms with Crippen molar-refractivity contribution >= 4 is 28.7 Å². The highest BCUT2D eigenvalue weighted by Gasteiger charge is 2.44. The average Bonchev–Trinajstić information content (AvgIpc) is 2.95. The number of carboxylic acid groups (broad SMARTS) is 1. The van der Waals surface area contributed by atoms with Gasteiger partial charge in [0.1, 0.15) is 0 Å². The van der Waals surface area contributed by atoms with Crippen molar-refractivity contribution in [2.45, 2.75) is 6.92 Å². The van der Waals surface area contributed by atoms with E-state index in [0.717, 1.165) is 11.1 Å². The van der Waals surface area contributed by atoms with Crippen LogP contribution in [0.4, 0.5) is 0 Å². The number of Topliss-reactive ketones (excluding diaryl/α,β-unsaturated/α-hetero) is 2. The molecule has 0 saturated heterocycles. The highest BCUT2D eigenvalue weighted by Crippen LogP contribution is 2.45. The summed E-state index contributed by atoms with van der Waals surface area (Å²) >= 11 is 0. The standard InChI is InChI=1S/C22H16O4/c1-12(22(25)26)18-16(13-7-3-2-4-8-13)11-17-14-9-5-6-10-15(14)20(23)19(17)21(18)24/h2-12,18H,1H3,(H,25,26). The van der Waals surface area contributed by atoms with Crippen LogP contribution in [-0.4, -0.2) is 22.6 Å². The first-order chi connectivity index (χ1) is 12.5. The van der Waals surface area contributed by atoms with Gasteiger partial charge in [-0.3, -0.25) is 14.4 Å². The molecule has 4 nitrogen and oxygen atoms in total. The molecule has 1 N–H and O–H groups in total. The monoisotopic (exact) mass is 344 g/mol. The molecule has 4 rings (SSSR count). The SMILES string of the molecule is CC(C(=O)O)C1C(=O)C2=C(C=C1c1ccccc1)c1ccccc1C2=O. The summed E-state index contributed by atoms with van der Waals surface area (Å²) in [7, 11) is 0. The summed E-state index contributed by atoms with van der Waals surface area (Å²) in [6.07, 6.45) is 1.82. The fourth-order valence-corrected chi connectivity index (χ4v) is 3.78. The van der Waals surface area contributed by atoms with Gasteiger partial charge in [-0.2, -0.15) is 0 Å². The van der Waals surface area contributed by atoms with Crippen LogP contribution in [0.1, 0.15) is 28.4 Å². The number of fused-ring (bicyclic) bond motifs is 2. The molecule has 0 spiro atoms. The second-order valence-electron chi connectivity index (χ2n) is 6.60. The number of benzene rings is 2. The summed E-state index contributed by atoms with van der Waals surface area (Å²) in [5.74, 6) is -3.59. The molecule has 2 aromatic carbocycles. The third-order valence-corrected chi connectivity index (χ3v) is 5.12. The maximum atomic E-state index is 13.2. The third-order valence-electron chi connectivity index (χ3n) is 5.12. The minimum atomic E-state index is -1.06. The van der Waals surface area contributed by atoms with E-state index in [-0.39, 0.29) is 11.4 Å². The fraction of sp³-hybridized carbons (Fsp3) is 0.136. The van der Waals surface area contributed by atoms with Crippen LogP contribution in [0.15, 0.2) is 66.2 Å². The van der Waals surface area contributed by atoms with Crippen molar-refractivity contribution in [2.75, 3.05) is 0 Å². The molecule has 128 valence electrons. The van der Waals surface area contributed by atoms with Gasteiger partial charge >= 0.3 is 5.97 Å². The summed E-state index contributed by atoms with van der Waals surface area (Å²) in [4.78, 5) is 37.6. The number of hydrogen-bond donors (Lipinski definition) is 1. The lowest BCUT2D eigenvalue weighted by atomic mass is 9.73. The molecule has 2 atom stereocenters. The van der Waals surface area contributed by atoms with Gasteiger partial charge in [0.25, 0.3) is 0 Å². The van der Waals surface area contributed by atoms with Crippen molar-refractivity contribution in [1.82, 2.24) is 0 Å². The maximum Gasteiger partial charge on any atom is 0.307 e. The first-order valence-corrected chi connectivity index (χ1v) is 8.43. The van der Waals surface area contributed by atoms with Gasteiger partial charge in [0, 0.05) is 5.56 Å². The lowest BCUT2D eigenvalue weighted by Crippen LogP contribution is -2.33. The van der Waals surface area contributed by atoms with Crippen molar-refractivity contribution < 1.29 is 19.5 Å². The summed E-state index contributed by atoms with van der Waals surface area (Å²) in [5, 5.41) is 9.52. The molecule has 0 aromatic heterocycles. The number of rotatable bonds is 3. The van der Waals surface area contributed by atoms with Gasteiger partial charge in [-0.05, 0) is 28.3 Å². The summed E-state index contributed by atoms with van der Waals surface area (Å²) in [5.41, 5.74) is 3.39. The lowest BCUT2D eigenvalue weighted by Gasteiger charge is -2.27. The van der Waals surface area contributed by atoms with Crippen molar-refractivity contribution in [3.63, 3.8) is 0 Å². The first kappa shape index (κ1) is 16.2. The Morgan fingerprint density at radius 2 is 1.58 bits per heavy atom. The van der Waals surface area contributed by atoms with Crippen LogP contribution >= 0.6 is 0 Å². The zero-order valence-corrected chi connectivity index (χ0v) is 14.1. The summed E-state index contributed by atoms with van der Waals surface area (Å²) in [6.45, 7) is 1.51. The van der Waals surface area contributed by atoms with Crippen LogP contribution in [-0.2, 0) is 9.59 Å². The van der Waals surface area contributed by atoms with Gasteiger partial charge in [0.2, 0.25) is 0 Å². The first-order valence-electron chi connectivity index (χ1n) is 8.43. The summed E-state index contributed by atoms with van der Waals surface area (Å²) < 4.78 is 0. The zero-order chi connectivity index (χ0) is 18.4. The molecule has 4 heteroatoms. The minimum absolute atomic E-state index is 0.115. The van der Waals surface area contributed by atoms with Crippen LogP contribution in [0.5, 0.6) is 0 Å². The highest BCUT2D eigenvalue weighted by molar-refractivity contribution is 6.39. The zero-order valence-electron chi connectivity index (χ0n) is 14.1. The van der Waals surface area contributed by atoms with Crippen molar-refractivity contribution in [1.29, 1.82) is 0 Å². The third kappa shape index (κ3) is 2.26. The van der Waals surface area contributed by atoms with E-state index < -0.39 is 23.6 Å². The second kappa shape index (κ2) is 5.92. The molecule has 0 saturated carbocycles. The van der Waals surface area contributed by atoms with E-state index in [2.05, 4.69) is 0 Å². The van der Waals surface area contributed by atoms with E-state index in [4.69, 9.17) is 0 Å². The number of carbonyl (C=O) groups excluding carboxylic acids is 2. The second-order valence-corrected chi connectivity index (χ2v) is 6.60. The average molecular weight is 344 g/mol. The molecule has 2 aliphatic carbocycles. The Morgan fingerprint density at radius 1 is 0.962 bits per heavy atom. The maximum absolute atomic E-state index is 13.2. The Hall–Kier alpha value is -3.27. The minimum Gasteiger partial charge on any atom is -0.481 e. The molecule has 2 unspecified atom stereocenters. The molecule has 0 radical (unpaired) electrons. The van der Waals surface area contributed by atoms with E-state index in [0.29, 0.717) is 16.7 Å². The molecule has 0 aliphatic heterocycles. The molecule has 2 aromatic rings. The predicted molar refractivity (Wildman–Crippen MR) is 97.4 cm³/mol. The Balaban J connectivity index is 1.96. The smallest absolute Gasteiger partial charge is 0.307 e. The highest BCUT2D eigenvalue weighted by atomic mass is 16.4. The Labute approximate surface area is 150 Å². The molecule has 0 fully saturated rings. The lowest BCUT2D eigenvalue weighted by molar-refractivity contribution is -0.144. The largest absolute Gasteiger partial charge is 0.481 e. The molecule has 0 heterocycles. The fourth-order valence-electron chi connectivity index (χ4n) is 3.78. The Bertz CT molecular complexity index is 1010. The molecule has 0 bridgehead atoms. The number of aliphatic carboxylic acids is 1. The van der Waals surface area contributed by atoms with Crippen LogP contribution in [0.2, 0.25) is 0 Å². The van der Waals surface area contributed by atoms with E-state index >= 15 is 0 Å². The normalized spacial score (nSPS) is 19.7. The van der Waals surface area contributed by atoms with Gasteiger partial charge < -0.3 is 5.11 Å². The van der Waals surface area contributed by atoms with Crippen LogP contribution in [0.3, 0.4) is 0 Å². The van der Waals surface area contributed by atoms with Crippen molar-refractivity contribution in [2.24, 2.45) is 11.8 Å². The van der Waals surface area contributed by atoms with Crippen LogP contribution < -0.4 is 0 Å². The summed E-state index contributed by atoms with van der Waals surface area (Å²) in [6, 6.07) is 16.4. The van der Waals surface area contributed by atoms with Gasteiger partial charge in [0.05, 0.1) is 17.4 Å². The van der Waals surface area contributed by atoms with E-state index in [1.54, 1.807) is 12.1 Å². The number of carboxylic acids is 1. The predicted octanol–water partition coefficient (Wildman–Crippen LogP) is 3.64. The van der Waals surface area contributed by atoms with Gasteiger partial charge in [-0.1, -0.05) is 61.5 Å². The Kier molecular flexibility index (Phi) is 3.69. The number of hydrogen-bond acceptors (Lipinski definition) is 3. The van der Waals surface area contributed by atoms with Gasteiger partial charge in [0.15, 0.2) is 11.6 Å². The molecule has 0 amide bonds. The van der Waals surface area contributed by atoms with E-state index in [1.165, 1.54) is 6.92 Å². The Morgan fingerprint density at radius 3 is 2.23 bits per heavy atom. The van der Waals surface area contributed by atoms with Crippen LogP contribution in [0.25, 0.3) is 11.1 Å². The van der Waals surface area contributed by atoms with E-state index in [1.807, 2.05) is 48.5 Å². The van der Waals surface area contributed by atoms with Crippen molar-refractivity contribution in [3.05, 3.63) is 82.9 Å². The molecule has 26 heavy (non-hydrogen) atoms. The number of allylic oxidation sites excluding steroid dienone is 4. The van der Waals surface area contributed by atoms with E-state index in [9.17, 15) is 19.5 Å². The number of carbonyl (C=O) groups is 3. The molecular weight excluding hydrogens is 328 g/mol. The molecular formula is C22H16O4. The quantitative estimate of drug-likeness (QED) is 0.863. The van der Waals surface area contributed by atoms with Gasteiger partial charge in [-0.25, -0.2) is 0 Å². The van der Waals surface area contributed by atoms with Gasteiger partial charge in [-0.15, -0.1) is 0 Å². The van der Waals surface area contributed by atoms with Crippen LogP contribution in [0, 0.1) is 11.8 Å². The molecule has 2 aliphatic rings. The number of ketones is 2. The van der Waals surface area contributed by atoms with Crippen molar-refractivity contribution in [3.8, 4) is 0 Å². The topological polar surface area (TPSA) is 71.4 Å².